The molecule has 8 heteroatoms. The average molecular weight is 428 g/mol. The molecule has 4 rings (SSSR count). The molecule has 0 unspecified atom stereocenters. The Labute approximate surface area is 178 Å². The van der Waals surface area contributed by atoms with E-state index in [1.54, 1.807) is 18.5 Å². The van der Waals surface area contributed by atoms with Crippen molar-refractivity contribution < 1.29 is 4.79 Å². The Morgan fingerprint density at radius 1 is 1.21 bits per heavy atom. The van der Waals surface area contributed by atoms with Gasteiger partial charge in [-0.25, -0.2) is 19.9 Å². The first-order valence-corrected chi connectivity index (χ1v) is 11.0. The molecule has 1 saturated carbocycles. The molecule has 1 aliphatic carbocycles. The van der Waals surface area contributed by atoms with Crippen molar-refractivity contribution in [1.82, 2.24) is 25.3 Å². The predicted molar refractivity (Wildman–Crippen MR) is 114 cm³/mol. The lowest BCUT2D eigenvalue weighted by Gasteiger charge is -2.29. The molecule has 0 aliphatic heterocycles. The van der Waals surface area contributed by atoms with E-state index in [2.05, 4.69) is 25.3 Å². The summed E-state index contributed by atoms with van der Waals surface area (Å²) in [6.07, 6.45) is 10.2. The van der Waals surface area contributed by atoms with E-state index in [0.29, 0.717) is 33.8 Å². The lowest BCUT2D eigenvalue weighted by molar-refractivity contribution is 0.0946. The summed E-state index contributed by atoms with van der Waals surface area (Å²) in [5, 5.41) is 4.32. The highest BCUT2D eigenvalue weighted by Crippen LogP contribution is 2.40. The van der Waals surface area contributed by atoms with Gasteiger partial charge in [-0.05, 0) is 37.0 Å². The summed E-state index contributed by atoms with van der Waals surface area (Å²) < 4.78 is 0. The van der Waals surface area contributed by atoms with Crippen molar-refractivity contribution in [1.29, 1.82) is 0 Å². The first-order valence-electron chi connectivity index (χ1n) is 9.78. The third-order valence-electron chi connectivity index (χ3n) is 5.48. The quantitative estimate of drug-likeness (QED) is 0.587. The van der Waals surface area contributed by atoms with Crippen LogP contribution in [0, 0.1) is 0 Å². The average Bonchev–Trinajstić information content (AvgIpc) is 3.41. The maximum atomic E-state index is 13.0. The summed E-state index contributed by atoms with van der Waals surface area (Å²) in [5.74, 6) is 0.459. The number of amides is 1. The van der Waals surface area contributed by atoms with Gasteiger partial charge in [-0.15, -0.1) is 11.3 Å². The fourth-order valence-corrected chi connectivity index (χ4v) is 5.04. The smallest absolute Gasteiger partial charge is 0.263 e. The van der Waals surface area contributed by atoms with Crippen molar-refractivity contribution in [3.63, 3.8) is 0 Å². The zero-order valence-electron chi connectivity index (χ0n) is 16.2. The van der Waals surface area contributed by atoms with E-state index in [1.807, 2.05) is 25.3 Å². The predicted octanol–water partition coefficient (Wildman–Crippen LogP) is 4.45. The minimum absolute atomic E-state index is 0.0876. The van der Waals surface area contributed by atoms with Crippen molar-refractivity contribution in [3.05, 3.63) is 58.1 Å². The third kappa shape index (κ3) is 4.16. The number of aromatic nitrogens is 4. The number of hydrogen-bond acceptors (Lipinski definition) is 6. The van der Waals surface area contributed by atoms with Crippen LogP contribution in [-0.2, 0) is 11.8 Å². The maximum absolute atomic E-state index is 13.0. The van der Waals surface area contributed by atoms with Gasteiger partial charge >= 0.3 is 0 Å². The zero-order chi connectivity index (χ0) is 20.3. The van der Waals surface area contributed by atoms with Gasteiger partial charge in [0, 0.05) is 30.6 Å². The first kappa shape index (κ1) is 19.9. The third-order valence-corrected chi connectivity index (χ3v) is 6.80. The van der Waals surface area contributed by atoms with E-state index in [0.717, 1.165) is 36.9 Å². The number of nitrogens with zero attached hydrogens (tertiary/aromatic N) is 4. The summed E-state index contributed by atoms with van der Waals surface area (Å²) in [6.45, 7) is 2.58. The number of aryl methyl sites for hydroxylation is 1. The lowest BCUT2D eigenvalue weighted by atomic mass is 9.79. The molecule has 29 heavy (non-hydrogen) atoms. The molecule has 0 aromatic carbocycles. The lowest BCUT2D eigenvalue weighted by Crippen LogP contribution is -2.39. The van der Waals surface area contributed by atoms with Crippen molar-refractivity contribution in [2.24, 2.45) is 0 Å². The molecule has 0 saturated heterocycles. The Balaban J connectivity index is 1.54. The molecule has 0 spiro atoms. The van der Waals surface area contributed by atoms with Crippen LogP contribution in [0.3, 0.4) is 0 Å². The van der Waals surface area contributed by atoms with E-state index in [-0.39, 0.29) is 11.3 Å². The molecular weight excluding hydrogens is 406 g/mol. The highest BCUT2D eigenvalue weighted by molar-refractivity contribution is 7.17. The molecule has 3 aromatic rings. The van der Waals surface area contributed by atoms with Crippen LogP contribution in [0.5, 0.6) is 0 Å². The van der Waals surface area contributed by atoms with Gasteiger partial charge in [0.05, 0.1) is 5.69 Å². The Hall–Kier alpha value is -2.38. The van der Waals surface area contributed by atoms with Gasteiger partial charge in [0.2, 0.25) is 0 Å². The van der Waals surface area contributed by atoms with Crippen LogP contribution < -0.4 is 5.32 Å². The van der Waals surface area contributed by atoms with Gasteiger partial charge in [-0.1, -0.05) is 37.4 Å². The Kier molecular flexibility index (Phi) is 5.87. The first-order chi connectivity index (χ1) is 14.1. The van der Waals surface area contributed by atoms with Crippen LogP contribution in [0.2, 0.25) is 5.15 Å². The molecule has 1 aliphatic rings. The summed E-state index contributed by atoms with van der Waals surface area (Å²) in [5.41, 5.74) is 1.83. The van der Waals surface area contributed by atoms with Crippen LogP contribution in [0.1, 0.15) is 53.5 Å². The second-order valence-corrected chi connectivity index (χ2v) is 8.65. The topological polar surface area (TPSA) is 80.7 Å². The fraction of sp³-hybridized carbons (Fsp3) is 0.381. The SMILES string of the molecule is CCc1nc(-c2ncccn2)sc1C(=O)NCC1(c2ccc(Cl)nc2)CCCC1. The molecule has 1 fully saturated rings. The van der Waals surface area contributed by atoms with Gasteiger partial charge in [0.25, 0.3) is 5.91 Å². The minimum atomic E-state index is -0.0882. The van der Waals surface area contributed by atoms with Crippen LogP contribution in [0.25, 0.3) is 10.8 Å². The Morgan fingerprint density at radius 2 is 1.97 bits per heavy atom. The van der Waals surface area contributed by atoms with Crippen molar-refractivity contribution in [2.45, 2.75) is 44.4 Å². The van der Waals surface area contributed by atoms with E-state index < -0.39 is 0 Å². The number of nitrogens with one attached hydrogen (secondary N) is 1. The van der Waals surface area contributed by atoms with Gasteiger partial charge in [0.1, 0.15) is 10.0 Å². The van der Waals surface area contributed by atoms with Gasteiger partial charge in [-0.3, -0.25) is 4.79 Å². The molecule has 1 N–H and O–H groups in total. The second kappa shape index (κ2) is 8.55. The van der Waals surface area contributed by atoms with Gasteiger partial charge in [0.15, 0.2) is 10.8 Å². The van der Waals surface area contributed by atoms with E-state index in [1.165, 1.54) is 11.3 Å². The molecule has 1 amide bonds. The van der Waals surface area contributed by atoms with E-state index >= 15 is 0 Å². The molecule has 150 valence electrons. The molecule has 6 nitrogen and oxygen atoms in total. The summed E-state index contributed by atoms with van der Waals surface area (Å²) in [6, 6.07) is 5.61. The Bertz CT molecular complexity index is 984. The number of carbonyl (C=O) groups excluding carboxylic acids is 1. The van der Waals surface area contributed by atoms with Crippen LogP contribution in [-0.4, -0.2) is 32.4 Å². The monoisotopic (exact) mass is 427 g/mol. The van der Waals surface area contributed by atoms with Crippen molar-refractivity contribution in [2.75, 3.05) is 6.54 Å². The molecule has 3 aromatic heterocycles. The summed E-state index contributed by atoms with van der Waals surface area (Å²) in [7, 11) is 0. The normalized spacial score (nSPS) is 15.4. The second-order valence-electron chi connectivity index (χ2n) is 7.26. The number of pyridine rings is 1. The number of hydrogen-bond donors (Lipinski definition) is 1. The Morgan fingerprint density at radius 3 is 2.62 bits per heavy atom. The van der Waals surface area contributed by atoms with E-state index in [9.17, 15) is 4.79 Å². The zero-order valence-corrected chi connectivity index (χ0v) is 17.8. The maximum Gasteiger partial charge on any atom is 0.263 e. The standard InChI is InChI=1S/C21H22ClN5OS/c1-2-15-17(29-20(27-15)18-23-10-5-11-24-18)19(28)26-13-21(8-3-4-9-21)14-6-7-16(22)25-12-14/h5-7,10-12H,2-4,8-9,13H2,1H3,(H,26,28). The van der Waals surface area contributed by atoms with Crippen molar-refractivity contribution in [3.8, 4) is 10.8 Å². The van der Waals surface area contributed by atoms with Gasteiger partial charge in [-0.2, -0.15) is 0 Å². The highest BCUT2D eigenvalue weighted by Gasteiger charge is 2.36. The fourth-order valence-electron chi connectivity index (χ4n) is 3.91. The van der Waals surface area contributed by atoms with E-state index in [4.69, 9.17) is 11.6 Å². The summed E-state index contributed by atoms with van der Waals surface area (Å²) >= 11 is 7.31. The van der Waals surface area contributed by atoms with Crippen LogP contribution >= 0.6 is 22.9 Å². The largest absolute Gasteiger partial charge is 0.350 e. The molecular formula is C21H22ClN5OS. The summed E-state index contributed by atoms with van der Waals surface area (Å²) in [4.78, 5) is 31.0. The van der Waals surface area contributed by atoms with Crippen LogP contribution in [0.4, 0.5) is 0 Å². The van der Waals surface area contributed by atoms with Gasteiger partial charge < -0.3 is 5.32 Å². The number of halogens is 1. The number of rotatable bonds is 6. The highest BCUT2D eigenvalue weighted by atomic mass is 35.5. The molecule has 0 radical (unpaired) electrons. The number of carbonyl (C=O) groups is 1. The molecule has 0 bridgehead atoms. The molecule has 0 atom stereocenters. The van der Waals surface area contributed by atoms with Crippen LogP contribution in [0.15, 0.2) is 36.8 Å². The minimum Gasteiger partial charge on any atom is -0.350 e. The van der Waals surface area contributed by atoms with Crippen molar-refractivity contribution >= 4 is 28.8 Å². The molecule has 3 heterocycles. The number of thiazole rings is 1.